The summed E-state index contributed by atoms with van der Waals surface area (Å²) < 4.78 is 8.49. The van der Waals surface area contributed by atoms with Gasteiger partial charge in [-0.25, -0.2) is 4.79 Å². The van der Waals surface area contributed by atoms with Gasteiger partial charge in [-0.3, -0.25) is 9.20 Å². The maximum Gasteiger partial charge on any atom is 0.356 e. The van der Waals surface area contributed by atoms with Gasteiger partial charge in [-0.2, -0.15) is 0 Å². The van der Waals surface area contributed by atoms with E-state index in [1.165, 1.54) is 7.11 Å². The van der Waals surface area contributed by atoms with Gasteiger partial charge in [0, 0.05) is 17.6 Å². The lowest BCUT2D eigenvalue weighted by Crippen LogP contribution is -2.28. The van der Waals surface area contributed by atoms with E-state index in [2.05, 4.69) is 0 Å². The van der Waals surface area contributed by atoms with Crippen LogP contribution in [-0.4, -0.2) is 22.0 Å². The Kier molecular flexibility index (Phi) is 3.44. The molecule has 0 radical (unpaired) electrons. The van der Waals surface area contributed by atoms with E-state index in [4.69, 9.17) is 4.74 Å². The molecule has 0 spiro atoms. The molecule has 1 aromatic carbocycles. The molecule has 3 aromatic rings. The van der Waals surface area contributed by atoms with Crippen LogP contribution < -0.4 is 5.56 Å². The molecule has 0 atom stereocenters. The maximum atomic E-state index is 13.2. The number of aryl methyl sites for hydroxylation is 1. The van der Waals surface area contributed by atoms with Crippen LogP contribution in [0.15, 0.2) is 35.3 Å². The van der Waals surface area contributed by atoms with Crippen LogP contribution in [0.3, 0.4) is 0 Å². The van der Waals surface area contributed by atoms with Gasteiger partial charge in [0.15, 0.2) is 0 Å². The molecule has 24 heavy (non-hydrogen) atoms. The number of hydrogen-bond acceptors (Lipinski definition) is 3. The number of ether oxygens (including phenoxy) is 1. The van der Waals surface area contributed by atoms with Crippen LogP contribution in [0.4, 0.5) is 0 Å². The predicted molar refractivity (Wildman–Crippen MR) is 92.7 cm³/mol. The van der Waals surface area contributed by atoms with Crippen molar-refractivity contribution >= 4 is 22.4 Å². The topological polar surface area (TPSA) is 52.7 Å². The molecule has 0 unspecified atom stereocenters. The monoisotopic (exact) mass is 324 g/mol. The fraction of sp³-hybridized carbons (Fsp3) is 0.368. The van der Waals surface area contributed by atoms with Crippen LogP contribution in [-0.2, 0) is 4.74 Å². The number of rotatable bonds is 2. The predicted octanol–water partition coefficient (Wildman–Crippen LogP) is 3.46. The molecular weight excluding hydrogens is 304 g/mol. The number of esters is 1. The zero-order valence-electron chi connectivity index (χ0n) is 13.9. The molecule has 124 valence electrons. The van der Waals surface area contributed by atoms with Crippen molar-refractivity contribution in [3.63, 3.8) is 0 Å². The van der Waals surface area contributed by atoms with Crippen molar-refractivity contribution in [2.45, 2.75) is 38.6 Å². The number of fused-ring (bicyclic) bond motifs is 3. The van der Waals surface area contributed by atoms with Crippen LogP contribution in [0.2, 0.25) is 0 Å². The SMILES string of the molecule is COC(=O)c1cn(C2CCCC2)c(=O)c2c(C)c3ccccc3n12. The van der Waals surface area contributed by atoms with Crippen molar-refractivity contribution in [2.24, 2.45) is 0 Å². The highest BCUT2D eigenvalue weighted by molar-refractivity contribution is 5.96. The van der Waals surface area contributed by atoms with E-state index in [0.29, 0.717) is 11.2 Å². The van der Waals surface area contributed by atoms with Crippen molar-refractivity contribution in [3.05, 3.63) is 52.1 Å². The molecule has 1 fully saturated rings. The molecule has 5 heteroatoms. The van der Waals surface area contributed by atoms with Crippen molar-refractivity contribution in [2.75, 3.05) is 7.11 Å². The standard InChI is InChI=1S/C19H20N2O3/c1-12-14-9-5-6-10-15(14)21-16(19(23)24-2)11-20(18(22)17(12)21)13-7-3-4-8-13/h5-6,9-11,13H,3-4,7-8H2,1-2H3. The van der Waals surface area contributed by atoms with Crippen molar-refractivity contribution in [3.8, 4) is 0 Å². The summed E-state index contributed by atoms with van der Waals surface area (Å²) in [7, 11) is 1.37. The zero-order chi connectivity index (χ0) is 16.8. The molecule has 0 amide bonds. The Morgan fingerprint density at radius 3 is 2.62 bits per heavy atom. The fourth-order valence-corrected chi connectivity index (χ4v) is 3.98. The number of carbonyl (C=O) groups excluding carboxylic acids is 1. The number of aromatic nitrogens is 2. The number of carbonyl (C=O) groups is 1. The second-order valence-electron chi connectivity index (χ2n) is 6.48. The van der Waals surface area contributed by atoms with Gasteiger partial charge in [0.05, 0.1) is 12.6 Å². The summed E-state index contributed by atoms with van der Waals surface area (Å²) in [6.07, 6.45) is 5.89. The lowest BCUT2D eigenvalue weighted by molar-refractivity contribution is 0.0591. The van der Waals surface area contributed by atoms with E-state index in [1.807, 2.05) is 31.2 Å². The fourth-order valence-electron chi connectivity index (χ4n) is 3.98. The van der Waals surface area contributed by atoms with Gasteiger partial charge in [-0.05, 0) is 31.4 Å². The molecular formula is C19H20N2O3. The molecule has 2 aromatic heterocycles. The summed E-state index contributed by atoms with van der Waals surface area (Å²) in [5.41, 5.74) is 2.73. The van der Waals surface area contributed by atoms with Crippen LogP contribution in [0.25, 0.3) is 16.4 Å². The molecule has 0 saturated heterocycles. The minimum atomic E-state index is -0.424. The highest BCUT2D eigenvalue weighted by Gasteiger charge is 2.25. The van der Waals surface area contributed by atoms with Gasteiger partial charge >= 0.3 is 5.97 Å². The second-order valence-corrected chi connectivity index (χ2v) is 6.48. The molecule has 1 aliphatic rings. The van der Waals surface area contributed by atoms with Crippen molar-refractivity contribution in [1.82, 2.24) is 8.97 Å². The Hall–Kier alpha value is -2.56. The first-order chi connectivity index (χ1) is 11.6. The highest BCUT2D eigenvalue weighted by atomic mass is 16.5. The van der Waals surface area contributed by atoms with Gasteiger partial charge in [0.2, 0.25) is 0 Å². The first-order valence-electron chi connectivity index (χ1n) is 8.36. The van der Waals surface area contributed by atoms with Gasteiger partial charge < -0.3 is 9.30 Å². The van der Waals surface area contributed by atoms with E-state index in [1.54, 1.807) is 15.2 Å². The summed E-state index contributed by atoms with van der Waals surface area (Å²) in [5.74, 6) is -0.424. The van der Waals surface area contributed by atoms with E-state index < -0.39 is 5.97 Å². The van der Waals surface area contributed by atoms with Gasteiger partial charge in [0.1, 0.15) is 11.2 Å². The highest BCUT2D eigenvalue weighted by Crippen LogP contribution is 2.31. The minimum absolute atomic E-state index is 0.0248. The third kappa shape index (κ3) is 2.00. The first kappa shape index (κ1) is 15.0. The molecule has 5 nitrogen and oxygen atoms in total. The Bertz CT molecular complexity index is 1010. The summed E-state index contributed by atoms with van der Waals surface area (Å²) >= 11 is 0. The first-order valence-corrected chi connectivity index (χ1v) is 8.36. The summed E-state index contributed by atoms with van der Waals surface area (Å²) in [6.45, 7) is 1.94. The maximum absolute atomic E-state index is 13.2. The lowest BCUT2D eigenvalue weighted by atomic mass is 10.2. The van der Waals surface area contributed by atoms with Crippen LogP contribution in [0.1, 0.15) is 47.8 Å². The van der Waals surface area contributed by atoms with Crippen LogP contribution in [0.5, 0.6) is 0 Å². The Morgan fingerprint density at radius 1 is 1.21 bits per heavy atom. The van der Waals surface area contributed by atoms with Crippen LogP contribution >= 0.6 is 0 Å². The average Bonchev–Trinajstić information content (AvgIpc) is 3.23. The van der Waals surface area contributed by atoms with E-state index in [0.717, 1.165) is 42.1 Å². The van der Waals surface area contributed by atoms with Gasteiger partial charge in [-0.15, -0.1) is 0 Å². The smallest absolute Gasteiger partial charge is 0.356 e. The quantitative estimate of drug-likeness (QED) is 0.678. The Labute approximate surface area is 139 Å². The number of nitrogens with zero attached hydrogens (tertiary/aromatic N) is 2. The Balaban J connectivity index is 2.17. The molecule has 0 bridgehead atoms. The second kappa shape index (κ2) is 5.51. The molecule has 0 aliphatic heterocycles. The third-order valence-corrected chi connectivity index (χ3v) is 5.18. The zero-order valence-corrected chi connectivity index (χ0v) is 13.9. The summed E-state index contributed by atoms with van der Waals surface area (Å²) in [6, 6.07) is 7.95. The summed E-state index contributed by atoms with van der Waals surface area (Å²) in [4.78, 5) is 25.6. The Morgan fingerprint density at radius 2 is 1.92 bits per heavy atom. The van der Waals surface area contributed by atoms with Gasteiger partial charge in [0.25, 0.3) is 5.56 Å². The summed E-state index contributed by atoms with van der Waals surface area (Å²) in [5, 5.41) is 0.990. The number of hydrogen-bond donors (Lipinski definition) is 0. The molecule has 0 N–H and O–H groups in total. The molecule has 1 saturated carbocycles. The molecule has 1 aliphatic carbocycles. The average molecular weight is 324 g/mol. The number of para-hydroxylation sites is 1. The normalized spacial score (nSPS) is 15.4. The molecule has 4 rings (SSSR count). The minimum Gasteiger partial charge on any atom is -0.464 e. The van der Waals surface area contributed by atoms with Crippen molar-refractivity contribution in [1.29, 1.82) is 0 Å². The third-order valence-electron chi connectivity index (χ3n) is 5.18. The van der Waals surface area contributed by atoms with Crippen molar-refractivity contribution < 1.29 is 9.53 Å². The number of methoxy groups -OCH3 is 1. The lowest BCUT2D eigenvalue weighted by Gasteiger charge is -2.16. The van der Waals surface area contributed by atoms with Gasteiger partial charge in [-0.1, -0.05) is 31.0 Å². The van der Waals surface area contributed by atoms with Crippen LogP contribution in [0, 0.1) is 6.92 Å². The van der Waals surface area contributed by atoms with E-state index in [-0.39, 0.29) is 11.6 Å². The number of benzene rings is 1. The molecule has 2 heterocycles. The van der Waals surface area contributed by atoms with E-state index in [9.17, 15) is 9.59 Å². The van der Waals surface area contributed by atoms with E-state index >= 15 is 0 Å². The largest absolute Gasteiger partial charge is 0.464 e.